The topological polar surface area (TPSA) is 89.8 Å². The first-order valence-electron chi connectivity index (χ1n) is 8.65. The third-order valence-electron chi connectivity index (χ3n) is 4.11. The number of thioether (sulfide) groups is 1. The standard InChI is InChI=1S/C20H16N2O5S2/c1-2-27-19(24)17(14-6-4-3-5-7-14)21-18(23)16(29-20(21)28)12-13-8-10-15(11-9-13)22(25)26/h3-12,17H,2H2,1H3/b16-12-. The van der Waals surface area contributed by atoms with Crippen LogP contribution in [0.5, 0.6) is 0 Å². The van der Waals surface area contributed by atoms with Gasteiger partial charge in [-0.05, 0) is 36.3 Å². The Morgan fingerprint density at radius 2 is 1.90 bits per heavy atom. The summed E-state index contributed by atoms with van der Waals surface area (Å²) in [5.74, 6) is -0.980. The van der Waals surface area contributed by atoms with E-state index in [9.17, 15) is 19.7 Å². The SMILES string of the molecule is CCOC(=O)C(c1ccccc1)N1C(=O)/C(=C/c2ccc([N+](=O)[O-])cc2)SC1=S. The fourth-order valence-corrected chi connectivity index (χ4v) is 4.11. The third kappa shape index (κ3) is 4.52. The molecular weight excluding hydrogens is 412 g/mol. The number of nitrogens with zero attached hydrogens (tertiary/aromatic N) is 2. The van der Waals surface area contributed by atoms with Gasteiger partial charge in [-0.15, -0.1) is 0 Å². The van der Waals surface area contributed by atoms with Crippen LogP contribution in [-0.2, 0) is 14.3 Å². The van der Waals surface area contributed by atoms with Gasteiger partial charge in [0.25, 0.3) is 11.6 Å². The smallest absolute Gasteiger partial charge is 0.333 e. The van der Waals surface area contributed by atoms with E-state index in [4.69, 9.17) is 17.0 Å². The molecule has 0 radical (unpaired) electrons. The number of ether oxygens (including phenoxy) is 1. The van der Waals surface area contributed by atoms with Gasteiger partial charge >= 0.3 is 5.97 Å². The van der Waals surface area contributed by atoms with Crippen LogP contribution in [0.25, 0.3) is 6.08 Å². The lowest BCUT2D eigenvalue weighted by molar-refractivity contribution is -0.384. The molecule has 29 heavy (non-hydrogen) atoms. The maximum absolute atomic E-state index is 13.1. The van der Waals surface area contributed by atoms with Crippen molar-refractivity contribution < 1.29 is 19.2 Å². The number of rotatable bonds is 6. The van der Waals surface area contributed by atoms with E-state index in [2.05, 4.69) is 0 Å². The zero-order chi connectivity index (χ0) is 21.0. The zero-order valence-corrected chi connectivity index (χ0v) is 16.9. The number of carbonyl (C=O) groups is 2. The highest BCUT2D eigenvalue weighted by Crippen LogP contribution is 2.38. The minimum Gasteiger partial charge on any atom is -0.464 e. The Labute approximate surface area is 176 Å². The van der Waals surface area contributed by atoms with Crippen molar-refractivity contribution in [2.45, 2.75) is 13.0 Å². The second-order valence-corrected chi connectivity index (χ2v) is 7.64. The highest BCUT2D eigenvalue weighted by atomic mass is 32.2. The first-order chi connectivity index (χ1) is 13.9. The Hall–Kier alpha value is -3.04. The summed E-state index contributed by atoms with van der Waals surface area (Å²) in [5.41, 5.74) is 1.17. The maximum Gasteiger partial charge on any atom is 0.333 e. The summed E-state index contributed by atoms with van der Waals surface area (Å²) in [7, 11) is 0. The number of nitro benzene ring substituents is 1. The summed E-state index contributed by atoms with van der Waals surface area (Å²) in [4.78, 5) is 37.5. The molecule has 1 heterocycles. The fourth-order valence-electron chi connectivity index (χ4n) is 2.79. The predicted octanol–water partition coefficient (Wildman–Crippen LogP) is 4.10. The van der Waals surface area contributed by atoms with Gasteiger partial charge in [0.15, 0.2) is 6.04 Å². The van der Waals surface area contributed by atoms with E-state index < -0.39 is 22.8 Å². The molecule has 0 saturated carbocycles. The van der Waals surface area contributed by atoms with Gasteiger partial charge < -0.3 is 4.74 Å². The second kappa shape index (κ2) is 8.97. The molecule has 2 aromatic rings. The van der Waals surface area contributed by atoms with Gasteiger partial charge in [0.05, 0.1) is 16.4 Å². The molecule has 0 aliphatic carbocycles. The van der Waals surface area contributed by atoms with Crippen LogP contribution in [0.1, 0.15) is 24.1 Å². The molecule has 0 bridgehead atoms. The van der Waals surface area contributed by atoms with Crippen molar-refractivity contribution in [3.8, 4) is 0 Å². The lowest BCUT2D eigenvalue weighted by Gasteiger charge is -2.25. The van der Waals surface area contributed by atoms with Crippen molar-refractivity contribution in [2.75, 3.05) is 6.61 Å². The minimum atomic E-state index is -0.980. The van der Waals surface area contributed by atoms with E-state index in [1.54, 1.807) is 49.4 Å². The van der Waals surface area contributed by atoms with Gasteiger partial charge in [0, 0.05) is 12.1 Å². The summed E-state index contributed by atoms with van der Waals surface area (Å²) in [6, 6.07) is 13.7. The quantitative estimate of drug-likeness (QED) is 0.225. The van der Waals surface area contributed by atoms with Crippen molar-refractivity contribution in [3.63, 3.8) is 0 Å². The lowest BCUT2D eigenvalue weighted by atomic mass is 10.1. The Morgan fingerprint density at radius 3 is 2.48 bits per heavy atom. The fraction of sp³-hybridized carbons (Fsp3) is 0.150. The number of esters is 1. The summed E-state index contributed by atoms with van der Waals surface area (Å²) >= 11 is 6.45. The normalized spacial score (nSPS) is 16.2. The van der Waals surface area contributed by atoms with Crippen LogP contribution in [-0.4, -0.2) is 32.6 Å². The van der Waals surface area contributed by atoms with E-state index in [1.165, 1.54) is 17.0 Å². The molecule has 1 aliphatic heterocycles. The van der Waals surface area contributed by atoms with Crippen LogP contribution in [0.3, 0.4) is 0 Å². The summed E-state index contributed by atoms with van der Waals surface area (Å²) in [6.45, 7) is 1.87. The monoisotopic (exact) mass is 428 g/mol. The van der Waals surface area contributed by atoms with E-state index in [1.807, 2.05) is 6.07 Å². The van der Waals surface area contributed by atoms with Crippen molar-refractivity contribution in [1.82, 2.24) is 4.90 Å². The van der Waals surface area contributed by atoms with Crippen LogP contribution in [0.2, 0.25) is 0 Å². The van der Waals surface area contributed by atoms with Crippen molar-refractivity contribution in [3.05, 3.63) is 80.7 Å². The van der Waals surface area contributed by atoms with Crippen LogP contribution < -0.4 is 0 Å². The highest BCUT2D eigenvalue weighted by molar-refractivity contribution is 8.26. The second-order valence-electron chi connectivity index (χ2n) is 5.97. The van der Waals surface area contributed by atoms with Crippen molar-refractivity contribution in [1.29, 1.82) is 0 Å². The molecule has 1 atom stereocenters. The zero-order valence-electron chi connectivity index (χ0n) is 15.3. The van der Waals surface area contributed by atoms with E-state index >= 15 is 0 Å². The number of thiocarbonyl (C=S) groups is 1. The first kappa shape index (κ1) is 20.7. The maximum atomic E-state index is 13.1. The van der Waals surface area contributed by atoms with Crippen LogP contribution in [0.15, 0.2) is 59.5 Å². The van der Waals surface area contributed by atoms with E-state index in [-0.39, 0.29) is 16.6 Å². The van der Waals surface area contributed by atoms with Gasteiger partial charge in [-0.2, -0.15) is 0 Å². The Bertz CT molecular complexity index is 990. The molecular formula is C20H16N2O5S2. The van der Waals surface area contributed by atoms with E-state index in [0.29, 0.717) is 16.0 Å². The predicted molar refractivity (Wildman–Crippen MR) is 114 cm³/mol. The molecule has 0 spiro atoms. The van der Waals surface area contributed by atoms with E-state index in [0.717, 1.165) is 11.8 Å². The molecule has 3 rings (SSSR count). The number of non-ortho nitro benzene ring substituents is 1. The van der Waals surface area contributed by atoms with Crippen LogP contribution in [0, 0.1) is 10.1 Å². The number of hydrogen-bond donors (Lipinski definition) is 0. The largest absolute Gasteiger partial charge is 0.464 e. The van der Waals surface area contributed by atoms with Crippen molar-refractivity contribution >= 4 is 51.9 Å². The van der Waals surface area contributed by atoms with Crippen molar-refractivity contribution in [2.24, 2.45) is 0 Å². The average molecular weight is 428 g/mol. The number of hydrogen-bond acceptors (Lipinski definition) is 7. The molecule has 1 fully saturated rings. The number of carbonyl (C=O) groups excluding carboxylic acids is 2. The molecule has 1 aliphatic rings. The molecule has 1 amide bonds. The van der Waals surface area contributed by atoms with Gasteiger partial charge in [-0.3, -0.25) is 19.8 Å². The molecule has 1 saturated heterocycles. The summed E-state index contributed by atoms with van der Waals surface area (Å²) < 4.78 is 5.41. The summed E-state index contributed by atoms with van der Waals surface area (Å²) in [6.07, 6.45) is 1.59. The number of amides is 1. The van der Waals surface area contributed by atoms with Crippen LogP contribution in [0.4, 0.5) is 5.69 Å². The minimum absolute atomic E-state index is 0.0406. The molecule has 1 unspecified atom stereocenters. The number of nitro groups is 1. The van der Waals surface area contributed by atoms with Gasteiger partial charge in [-0.25, -0.2) is 4.79 Å². The number of benzene rings is 2. The first-order valence-corrected chi connectivity index (χ1v) is 9.88. The molecule has 7 nitrogen and oxygen atoms in total. The molecule has 0 aromatic heterocycles. The molecule has 0 N–H and O–H groups in total. The Kier molecular flexibility index (Phi) is 6.40. The molecule has 9 heteroatoms. The van der Waals surface area contributed by atoms with Gasteiger partial charge in [0.2, 0.25) is 0 Å². The van der Waals surface area contributed by atoms with Gasteiger partial charge in [0.1, 0.15) is 4.32 Å². The Balaban J connectivity index is 1.93. The average Bonchev–Trinajstić information content (AvgIpc) is 2.97. The van der Waals surface area contributed by atoms with Gasteiger partial charge in [-0.1, -0.05) is 54.3 Å². The Morgan fingerprint density at radius 1 is 1.24 bits per heavy atom. The third-order valence-corrected chi connectivity index (χ3v) is 5.44. The molecule has 148 valence electrons. The molecule has 2 aromatic carbocycles. The summed E-state index contributed by atoms with van der Waals surface area (Å²) in [5, 5.41) is 10.8. The lowest BCUT2D eigenvalue weighted by Crippen LogP contribution is -2.38. The highest BCUT2D eigenvalue weighted by Gasteiger charge is 2.42. The van der Waals surface area contributed by atoms with Crippen LogP contribution >= 0.6 is 24.0 Å².